The Morgan fingerprint density at radius 2 is 2.30 bits per heavy atom. The zero-order valence-corrected chi connectivity index (χ0v) is 13.0. The Morgan fingerprint density at radius 1 is 1.45 bits per heavy atom. The highest BCUT2D eigenvalue weighted by molar-refractivity contribution is 7.99. The molecule has 1 aromatic rings. The molecule has 0 radical (unpaired) electrons. The second kappa shape index (κ2) is 7.70. The first-order valence-electron chi connectivity index (χ1n) is 7.14. The van der Waals surface area contributed by atoms with E-state index >= 15 is 0 Å². The Hall–Kier alpha value is -1.00. The van der Waals surface area contributed by atoms with Crippen molar-refractivity contribution in [3.8, 4) is 0 Å². The average molecular weight is 293 g/mol. The molecular weight excluding hydrogens is 270 g/mol. The molecule has 1 aliphatic rings. The molecule has 0 heterocycles. The topological polar surface area (TPSA) is 38.3 Å². The van der Waals surface area contributed by atoms with Gasteiger partial charge in [0.1, 0.15) is 0 Å². The van der Waals surface area contributed by atoms with Crippen LogP contribution in [-0.2, 0) is 11.3 Å². The summed E-state index contributed by atoms with van der Waals surface area (Å²) in [5.41, 5.74) is 1.76. The van der Waals surface area contributed by atoms with Crippen LogP contribution < -0.4 is 5.32 Å². The number of ether oxygens (including phenoxy) is 1. The van der Waals surface area contributed by atoms with Gasteiger partial charge in [-0.15, -0.1) is 0 Å². The van der Waals surface area contributed by atoms with Gasteiger partial charge in [0, 0.05) is 24.0 Å². The van der Waals surface area contributed by atoms with Crippen LogP contribution in [0.2, 0.25) is 0 Å². The van der Waals surface area contributed by atoms with Crippen molar-refractivity contribution in [2.45, 2.75) is 43.6 Å². The number of hydrogen-bond donors (Lipinski definition) is 1. The van der Waals surface area contributed by atoms with Crippen LogP contribution in [0.5, 0.6) is 0 Å². The first kappa shape index (κ1) is 15.4. The van der Waals surface area contributed by atoms with Gasteiger partial charge in [0.25, 0.3) is 5.91 Å². The lowest BCUT2D eigenvalue weighted by molar-refractivity contribution is 0.0928. The van der Waals surface area contributed by atoms with E-state index in [1.807, 2.05) is 36.0 Å². The molecule has 2 unspecified atom stereocenters. The maximum absolute atomic E-state index is 12.3. The van der Waals surface area contributed by atoms with Crippen LogP contribution >= 0.6 is 11.8 Å². The Balaban J connectivity index is 1.95. The molecule has 1 saturated carbocycles. The second-order valence-corrected chi connectivity index (χ2v) is 6.47. The molecule has 20 heavy (non-hydrogen) atoms. The summed E-state index contributed by atoms with van der Waals surface area (Å²) in [6.07, 6.45) is 6.82. The van der Waals surface area contributed by atoms with Crippen molar-refractivity contribution in [3.63, 3.8) is 0 Å². The lowest BCUT2D eigenvalue weighted by atomic mass is 9.94. The van der Waals surface area contributed by atoms with Gasteiger partial charge in [0.05, 0.1) is 6.61 Å². The Morgan fingerprint density at radius 3 is 3.05 bits per heavy atom. The van der Waals surface area contributed by atoms with E-state index < -0.39 is 0 Å². The van der Waals surface area contributed by atoms with Gasteiger partial charge in [-0.25, -0.2) is 0 Å². The van der Waals surface area contributed by atoms with Crippen molar-refractivity contribution in [1.29, 1.82) is 0 Å². The highest BCUT2D eigenvalue weighted by atomic mass is 32.2. The molecule has 2 rings (SSSR count). The van der Waals surface area contributed by atoms with E-state index in [0.29, 0.717) is 17.9 Å². The fourth-order valence-corrected chi connectivity index (χ4v) is 3.56. The molecular formula is C16H23NO2S. The smallest absolute Gasteiger partial charge is 0.251 e. The van der Waals surface area contributed by atoms with Crippen molar-refractivity contribution in [1.82, 2.24) is 5.32 Å². The number of thioether (sulfide) groups is 1. The lowest BCUT2D eigenvalue weighted by Crippen LogP contribution is -2.39. The van der Waals surface area contributed by atoms with Crippen molar-refractivity contribution >= 4 is 17.7 Å². The summed E-state index contributed by atoms with van der Waals surface area (Å²) in [5.74, 6) is 0.0368. The van der Waals surface area contributed by atoms with Crippen molar-refractivity contribution < 1.29 is 9.53 Å². The van der Waals surface area contributed by atoms with E-state index in [-0.39, 0.29) is 5.91 Å². The first-order valence-corrected chi connectivity index (χ1v) is 8.43. The summed E-state index contributed by atoms with van der Waals surface area (Å²) >= 11 is 1.91. The lowest BCUT2D eigenvalue weighted by Gasteiger charge is -2.28. The van der Waals surface area contributed by atoms with E-state index in [4.69, 9.17) is 4.74 Å². The highest BCUT2D eigenvalue weighted by Gasteiger charge is 2.22. The van der Waals surface area contributed by atoms with E-state index in [1.54, 1.807) is 7.11 Å². The van der Waals surface area contributed by atoms with Gasteiger partial charge in [-0.2, -0.15) is 11.8 Å². The molecule has 1 fully saturated rings. The zero-order chi connectivity index (χ0) is 14.4. The second-order valence-electron chi connectivity index (χ2n) is 5.33. The van der Waals surface area contributed by atoms with Crippen molar-refractivity contribution in [2.24, 2.45) is 0 Å². The molecule has 0 aliphatic heterocycles. The van der Waals surface area contributed by atoms with Crippen LogP contribution in [0.25, 0.3) is 0 Å². The van der Waals surface area contributed by atoms with Gasteiger partial charge >= 0.3 is 0 Å². The van der Waals surface area contributed by atoms with Crippen molar-refractivity contribution in [3.05, 3.63) is 35.4 Å². The standard InChI is InChI=1S/C16H23NO2S/c1-19-11-12-5-3-6-13(9-12)16(18)17-14-7-4-8-15(10-14)20-2/h3,5-6,9,14-15H,4,7-8,10-11H2,1-2H3,(H,17,18). The fraction of sp³-hybridized carbons (Fsp3) is 0.562. The van der Waals surface area contributed by atoms with Crippen LogP contribution in [0.4, 0.5) is 0 Å². The SMILES string of the molecule is COCc1cccc(C(=O)NC2CCCC(SC)C2)c1. The number of carbonyl (C=O) groups is 1. The number of hydrogen-bond acceptors (Lipinski definition) is 3. The molecule has 110 valence electrons. The third-order valence-electron chi connectivity index (χ3n) is 3.79. The Bertz CT molecular complexity index is 450. The van der Waals surface area contributed by atoms with E-state index in [9.17, 15) is 4.79 Å². The molecule has 2 atom stereocenters. The normalized spacial score (nSPS) is 22.5. The predicted molar refractivity (Wildman–Crippen MR) is 84.2 cm³/mol. The fourth-order valence-electron chi connectivity index (χ4n) is 2.73. The zero-order valence-electron chi connectivity index (χ0n) is 12.2. The van der Waals surface area contributed by atoms with E-state index in [2.05, 4.69) is 11.6 Å². The molecule has 0 spiro atoms. The molecule has 1 aliphatic carbocycles. The quantitative estimate of drug-likeness (QED) is 0.905. The highest BCUT2D eigenvalue weighted by Crippen LogP contribution is 2.27. The Kier molecular flexibility index (Phi) is 5.92. The van der Waals surface area contributed by atoms with Gasteiger partial charge in [0.2, 0.25) is 0 Å². The van der Waals surface area contributed by atoms with Crippen LogP contribution in [-0.4, -0.2) is 30.6 Å². The summed E-state index contributed by atoms with van der Waals surface area (Å²) < 4.78 is 5.11. The van der Waals surface area contributed by atoms with Crippen LogP contribution in [0.3, 0.4) is 0 Å². The van der Waals surface area contributed by atoms with E-state index in [1.165, 1.54) is 12.8 Å². The molecule has 1 aromatic carbocycles. The number of rotatable bonds is 5. The van der Waals surface area contributed by atoms with Gasteiger partial charge in [-0.3, -0.25) is 4.79 Å². The van der Waals surface area contributed by atoms with Gasteiger partial charge in [-0.1, -0.05) is 18.6 Å². The summed E-state index contributed by atoms with van der Waals surface area (Å²) in [6.45, 7) is 0.541. The Labute approximate surface area is 125 Å². The maximum Gasteiger partial charge on any atom is 0.251 e. The van der Waals surface area contributed by atoms with Crippen LogP contribution in [0.1, 0.15) is 41.6 Å². The summed E-state index contributed by atoms with van der Waals surface area (Å²) in [6, 6.07) is 7.98. The molecule has 0 bridgehead atoms. The third kappa shape index (κ3) is 4.25. The molecule has 0 saturated heterocycles. The van der Waals surface area contributed by atoms with Crippen LogP contribution in [0, 0.1) is 0 Å². The number of methoxy groups -OCH3 is 1. The number of amides is 1. The van der Waals surface area contributed by atoms with Crippen LogP contribution in [0.15, 0.2) is 24.3 Å². The molecule has 3 nitrogen and oxygen atoms in total. The summed E-state index contributed by atoms with van der Waals surface area (Å²) in [7, 11) is 1.66. The number of nitrogens with one attached hydrogen (secondary N) is 1. The number of benzene rings is 1. The minimum Gasteiger partial charge on any atom is -0.380 e. The average Bonchev–Trinajstić information content (AvgIpc) is 2.48. The van der Waals surface area contributed by atoms with Gasteiger partial charge in [-0.05, 0) is 43.2 Å². The monoisotopic (exact) mass is 293 g/mol. The molecule has 0 aromatic heterocycles. The minimum absolute atomic E-state index is 0.0368. The van der Waals surface area contributed by atoms with E-state index in [0.717, 1.165) is 24.0 Å². The molecule has 1 amide bonds. The van der Waals surface area contributed by atoms with Gasteiger partial charge in [0.15, 0.2) is 0 Å². The maximum atomic E-state index is 12.3. The van der Waals surface area contributed by atoms with Gasteiger partial charge < -0.3 is 10.1 Å². The summed E-state index contributed by atoms with van der Waals surface area (Å²) in [5, 5.41) is 3.86. The molecule has 4 heteroatoms. The predicted octanol–water partition coefficient (Wildman–Crippen LogP) is 3.24. The first-order chi connectivity index (χ1) is 9.72. The minimum atomic E-state index is 0.0368. The number of carbonyl (C=O) groups excluding carboxylic acids is 1. The summed E-state index contributed by atoms with van der Waals surface area (Å²) in [4.78, 5) is 12.3. The third-order valence-corrected chi connectivity index (χ3v) is 4.89. The molecule has 1 N–H and O–H groups in total. The largest absolute Gasteiger partial charge is 0.380 e. The van der Waals surface area contributed by atoms with Crippen molar-refractivity contribution in [2.75, 3.05) is 13.4 Å².